The van der Waals surface area contributed by atoms with Crippen molar-refractivity contribution in [2.75, 3.05) is 19.0 Å². The van der Waals surface area contributed by atoms with Crippen molar-refractivity contribution in [2.45, 2.75) is 13.8 Å². The molecule has 0 bridgehead atoms. The van der Waals surface area contributed by atoms with Gasteiger partial charge in [-0.2, -0.15) is 0 Å². The van der Waals surface area contributed by atoms with Gasteiger partial charge in [0.15, 0.2) is 4.98 Å². The van der Waals surface area contributed by atoms with Gasteiger partial charge in [-0.1, -0.05) is 0 Å². The van der Waals surface area contributed by atoms with Gasteiger partial charge in [0, 0.05) is 50.4 Å². The van der Waals surface area contributed by atoms with Crippen LogP contribution >= 0.6 is 0 Å². The zero-order chi connectivity index (χ0) is 10.0. The molecule has 1 rings (SSSR count). The van der Waals surface area contributed by atoms with E-state index in [1.54, 1.807) is 0 Å². The summed E-state index contributed by atoms with van der Waals surface area (Å²) in [7, 11) is 3.98. The zero-order valence-corrected chi connectivity index (χ0v) is 14.4. The predicted octanol–water partition coefficient (Wildman–Crippen LogP) is -3.14. The van der Waals surface area contributed by atoms with Crippen LogP contribution in [-0.2, 0) is 19.5 Å². The maximum Gasteiger partial charge on any atom is 0.390 e. The summed E-state index contributed by atoms with van der Waals surface area (Å²) in [5, 5.41) is 8.74. The van der Waals surface area contributed by atoms with E-state index in [1.807, 2.05) is 45.0 Å². The third-order valence-electron chi connectivity index (χ3n) is 2.09. The van der Waals surface area contributed by atoms with Crippen molar-refractivity contribution in [3.05, 3.63) is 28.2 Å². The molecule has 0 aliphatic heterocycles. The van der Waals surface area contributed by atoms with Gasteiger partial charge in [-0.05, 0) is 26.0 Å². The summed E-state index contributed by atoms with van der Waals surface area (Å²) >= 11 is 0. The first-order chi connectivity index (χ1) is 6.06. The summed E-state index contributed by atoms with van der Waals surface area (Å²) in [4.78, 5) is 5.28. The fraction of sp³-hybridized carbons (Fsp3) is 0.400. The van der Waals surface area contributed by atoms with Crippen molar-refractivity contribution in [3.8, 4) is 0 Å². The Hall–Kier alpha value is -0.357. The minimum Gasteiger partial charge on any atom is -1.00 e. The van der Waals surface area contributed by atoms with E-state index in [4.69, 9.17) is 5.39 Å². The molecule has 0 aliphatic rings. The Morgan fingerprint density at radius 1 is 1.06 bits per heavy atom. The number of nitrogens with zero attached hydrogens (tertiary/aromatic N) is 3. The van der Waals surface area contributed by atoms with E-state index in [0.29, 0.717) is 5.69 Å². The molecule has 0 fully saturated rings. The van der Waals surface area contributed by atoms with E-state index in [1.165, 1.54) is 0 Å². The maximum atomic E-state index is 8.74. The Morgan fingerprint density at radius 2 is 1.44 bits per heavy atom. The number of anilines is 1. The number of aryl methyl sites for hydroxylation is 2. The Morgan fingerprint density at radius 3 is 1.69 bits per heavy atom. The maximum absolute atomic E-state index is 8.74. The zero-order valence-electron chi connectivity index (χ0n) is 9.96. The molecule has 0 heterocycles. The Bertz CT molecular complexity index is 352. The summed E-state index contributed by atoms with van der Waals surface area (Å²) in [6.45, 7) is 3.88. The third kappa shape index (κ3) is 4.66. The molecule has 16 heavy (non-hydrogen) atoms. The largest absolute Gasteiger partial charge is 1.00 e. The van der Waals surface area contributed by atoms with Gasteiger partial charge in [0.05, 0.1) is 0 Å². The second-order valence-electron chi connectivity index (χ2n) is 3.42. The Labute approximate surface area is 122 Å². The van der Waals surface area contributed by atoms with Gasteiger partial charge in [0.25, 0.3) is 0 Å². The molecule has 1 aromatic rings. The number of benzene rings is 1. The molecule has 0 saturated heterocycles. The summed E-state index contributed by atoms with van der Waals surface area (Å²) in [5.41, 5.74) is 3.78. The van der Waals surface area contributed by atoms with Gasteiger partial charge in [0.2, 0.25) is 5.39 Å². The fourth-order valence-electron chi connectivity index (χ4n) is 1.35. The van der Waals surface area contributed by atoms with E-state index in [2.05, 4.69) is 4.98 Å². The van der Waals surface area contributed by atoms with Crippen LogP contribution in [0.4, 0.5) is 11.4 Å². The van der Waals surface area contributed by atoms with Crippen LogP contribution in [0.1, 0.15) is 11.1 Å². The first-order valence-electron chi connectivity index (χ1n) is 4.20. The summed E-state index contributed by atoms with van der Waals surface area (Å²) in [6.07, 6.45) is 0. The van der Waals surface area contributed by atoms with E-state index in [-0.39, 0.29) is 44.3 Å². The van der Waals surface area contributed by atoms with Crippen LogP contribution < -0.4 is 29.7 Å². The van der Waals surface area contributed by atoms with E-state index < -0.39 is 0 Å². The molecular weight excluding hydrogens is 298 g/mol. The molecule has 0 spiro atoms. The predicted molar refractivity (Wildman–Crippen MR) is 55.0 cm³/mol. The number of hydrogen-bond acceptors (Lipinski definition) is 2. The quantitative estimate of drug-likeness (QED) is 0.405. The molecule has 6 heteroatoms. The van der Waals surface area contributed by atoms with Gasteiger partial charge in [-0.25, -0.2) is 0 Å². The number of rotatable bonds is 1. The molecule has 0 aromatic heterocycles. The van der Waals surface area contributed by atoms with E-state index in [0.717, 1.165) is 16.8 Å². The van der Waals surface area contributed by atoms with Crippen molar-refractivity contribution in [3.63, 3.8) is 0 Å². The SMILES string of the molecule is Cc1cc(N(C)C)cc(C)c1[N+]#N.[Cl-].[Cl-].[Zn]. The molecule has 0 saturated carbocycles. The van der Waals surface area contributed by atoms with E-state index in [9.17, 15) is 0 Å². The molecule has 3 nitrogen and oxygen atoms in total. The van der Waals surface area contributed by atoms with Crippen LogP contribution in [0.25, 0.3) is 4.98 Å². The average Bonchev–Trinajstić information content (AvgIpc) is 2.03. The molecule has 0 radical (unpaired) electrons. The molecule has 1 aromatic carbocycles. The van der Waals surface area contributed by atoms with Crippen LogP contribution in [0, 0.1) is 19.2 Å². The van der Waals surface area contributed by atoms with Crippen LogP contribution in [0.5, 0.6) is 0 Å². The number of diazo groups is 1. The monoisotopic (exact) mass is 310 g/mol. The minimum absolute atomic E-state index is 0. The van der Waals surface area contributed by atoms with Crippen LogP contribution in [0.15, 0.2) is 12.1 Å². The first-order valence-corrected chi connectivity index (χ1v) is 4.20. The Kier molecular flexibility index (Phi) is 11.5. The van der Waals surface area contributed by atoms with Crippen molar-refractivity contribution in [1.29, 1.82) is 5.39 Å². The smallest absolute Gasteiger partial charge is 0.390 e. The van der Waals surface area contributed by atoms with Crippen molar-refractivity contribution in [1.82, 2.24) is 0 Å². The van der Waals surface area contributed by atoms with Gasteiger partial charge >= 0.3 is 5.69 Å². The molecule has 0 N–H and O–H groups in total. The van der Waals surface area contributed by atoms with Gasteiger partial charge in [0.1, 0.15) is 0 Å². The topological polar surface area (TPSA) is 31.4 Å². The third-order valence-corrected chi connectivity index (χ3v) is 2.09. The molecule has 0 amide bonds. The average molecular weight is 313 g/mol. The van der Waals surface area contributed by atoms with Crippen molar-refractivity contribution in [2.24, 2.45) is 0 Å². The first kappa shape index (κ1) is 21.0. The molecule has 0 atom stereocenters. The second-order valence-corrected chi connectivity index (χ2v) is 3.42. The summed E-state index contributed by atoms with van der Waals surface area (Å²) < 4.78 is 0. The van der Waals surface area contributed by atoms with Crippen LogP contribution in [0.2, 0.25) is 0 Å². The van der Waals surface area contributed by atoms with Crippen molar-refractivity contribution < 1.29 is 44.3 Å². The molecular formula is C10H14Cl2N3Zn-. The fourth-order valence-corrected chi connectivity index (χ4v) is 1.35. The normalized spacial score (nSPS) is 7.69. The second kappa shape index (κ2) is 8.76. The van der Waals surface area contributed by atoms with Gasteiger partial charge in [-0.15, -0.1) is 0 Å². The van der Waals surface area contributed by atoms with Crippen LogP contribution in [-0.4, -0.2) is 14.1 Å². The number of hydrogen-bond donors (Lipinski definition) is 0. The Balaban J connectivity index is -0.000000563. The molecule has 86 valence electrons. The number of halogens is 2. The molecule has 0 unspecified atom stereocenters. The van der Waals surface area contributed by atoms with E-state index >= 15 is 0 Å². The van der Waals surface area contributed by atoms with Crippen LogP contribution in [0.3, 0.4) is 0 Å². The molecule has 0 aliphatic carbocycles. The minimum atomic E-state index is 0. The van der Waals surface area contributed by atoms with Crippen molar-refractivity contribution >= 4 is 11.4 Å². The standard InChI is InChI=1S/C10H14N3.2ClH.Zn/c1-7-5-9(13(3)4)6-8(2)10(7)12-11;;;/h5-6H,1-4H3;2*1H;/q+1;;;/p-2. The van der Waals surface area contributed by atoms with Gasteiger partial charge < -0.3 is 29.7 Å². The summed E-state index contributed by atoms with van der Waals surface area (Å²) in [5.74, 6) is 0. The van der Waals surface area contributed by atoms with Gasteiger partial charge in [-0.3, -0.25) is 0 Å². The summed E-state index contributed by atoms with van der Waals surface area (Å²) in [6, 6.07) is 4.00.